The maximum absolute atomic E-state index is 2.38. The maximum Gasteiger partial charge on any atom is -0.0380 e. The van der Waals surface area contributed by atoms with Crippen LogP contribution in [0.3, 0.4) is 0 Å². The zero-order chi connectivity index (χ0) is 13.3. The first-order valence-electron chi connectivity index (χ1n) is 7.89. The zero-order valence-electron chi connectivity index (χ0n) is 13.3. The summed E-state index contributed by atoms with van der Waals surface area (Å²) in [6, 6.07) is 0. The molecule has 0 aliphatic heterocycles. The van der Waals surface area contributed by atoms with Crippen LogP contribution < -0.4 is 0 Å². The summed E-state index contributed by atoms with van der Waals surface area (Å²) in [4.78, 5) is 0. The maximum atomic E-state index is 2.38. The van der Waals surface area contributed by atoms with Crippen molar-refractivity contribution in [1.82, 2.24) is 0 Å². The van der Waals surface area contributed by atoms with Crippen LogP contribution in [0.1, 0.15) is 92.9 Å². The first kappa shape index (κ1) is 17.0. The summed E-state index contributed by atoms with van der Waals surface area (Å²) >= 11 is 0. The van der Waals surface area contributed by atoms with Gasteiger partial charge >= 0.3 is 0 Å². The van der Waals surface area contributed by atoms with E-state index in [0.717, 1.165) is 11.8 Å². The van der Waals surface area contributed by atoms with Crippen LogP contribution in [0.5, 0.6) is 0 Å². The van der Waals surface area contributed by atoms with Gasteiger partial charge in [-0.15, -0.1) is 0 Å². The van der Waals surface area contributed by atoms with Gasteiger partial charge in [0.1, 0.15) is 0 Å². The van der Waals surface area contributed by atoms with E-state index in [1.165, 1.54) is 51.4 Å². The van der Waals surface area contributed by atoms with Crippen LogP contribution in [0.4, 0.5) is 0 Å². The summed E-state index contributed by atoms with van der Waals surface area (Å²) < 4.78 is 0. The molecule has 0 aromatic heterocycles. The van der Waals surface area contributed by atoms with Gasteiger partial charge in [0.05, 0.1) is 0 Å². The Kier molecular flexibility index (Phi) is 9.00. The molecule has 0 heterocycles. The third kappa shape index (κ3) is 10.9. The molecule has 0 N–H and O–H groups in total. The van der Waals surface area contributed by atoms with Crippen molar-refractivity contribution >= 4 is 0 Å². The second-order valence-corrected chi connectivity index (χ2v) is 7.19. The van der Waals surface area contributed by atoms with Crippen LogP contribution >= 0.6 is 0 Å². The Labute approximate surface area is 111 Å². The Morgan fingerprint density at radius 1 is 0.824 bits per heavy atom. The summed E-state index contributed by atoms with van der Waals surface area (Å²) in [5.41, 5.74) is 0.511. The Morgan fingerprint density at radius 2 is 1.41 bits per heavy atom. The minimum atomic E-state index is 0.511. The highest BCUT2D eigenvalue weighted by Gasteiger charge is 2.16. The second kappa shape index (κ2) is 9.00. The summed E-state index contributed by atoms with van der Waals surface area (Å²) in [6.07, 6.45) is 11.3. The van der Waals surface area contributed by atoms with Gasteiger partial charge in [-0.3, -0.25) is 0 Å². The first-order chi connectivity index (χ1) is 7.89. The Morgan fingerprint density at radius 3 is 1.88 bits per heavy atom. The van der Waals surface area contributed by atoms with E-state index in [1.807, 2.05) is 0 Å². The minimum Gasteiger partial charge on any atom is -0.0651 e. The van der Waals surface area contributed by atoms with Gasteiger partial charge in [0.2, 0.25) is 0 Å². The van der Waals surface area contributed by atoms with E-state index in [2.05, 4.69) is 41.5 Å². The molecule has 0 radical (unpaired) electrons. The van der Waals surface area contributed by atoms with Gasteiger partial charge in [-0.25, -0.2) is 0 Å². The number of hydrogen-bond donors (Lipinski definition) is 0. The van der Waals surface area contributed by atoms with Crippen LogP contribution in [0.2, 0.25) is 0 Å². The van der Waals surface area contributed by atoms with E-state index in [9.17, 15) is 0 Å². The normalized spacial score (nSPS) is 15.9. The summed E-state index contributed by atoms with van der Waals surface area (Å²) in [7, 11) is 0. The largest absolute Gasteiger partial charge is 0.0651 e. The fourth-order valence-corrected chi connectivity index (χ4v) is 2.62. The standard InChI is InChI=1S/C17H36/c1-7-15(3)12-10-9-11-13-16(8-2)14-17(4,5)6/h15-16H,7-14H2,1-6H3. The topological polar surface area (TPSA) is 0 Å². The first-order valence-corrected chi connectivity index (χ1v) is 7.89. The lowest BCUT2D eigenvalue weighted by Crippen LogP contribution is -2.12. The highest BCUT2D eigenvalue weighted by atomic mass is 14.2. The second-order valence-electron chi connectivity index (χ2n) is 7.19. The molecule has 0 bridgehead atoms. The lowest BCUT2D eigenvalue weighted by Gasteiger charge is -2.25. The fourth-order valence-electron chi connectivity index (χ4n) is 2.62. The minimum absolute atomic E-state index is 0.511. The van der Waals surface area contributed by atoms with Crippen molar-refractivity contribution in [3.8, 4) is 0 Å². The van der Waals surface area contributed by atoms with Gasteiger partial charge in [-0.1, -0.05) is 86.5 Å². The van der Waals surface area contributed by atoms with Crippen molar-refractivity contribution in [3.63, 3.8) is 0 Å². The third-order valence-corrected chi connectivity index (χ3v) is 3.98. The van der Waals surface area contributed by atoms with Crippen molar-refractivity contribution in [1.29, 1.82) is 0 Å². The van der Waals surface area contributed by atoms with E-state index in [0.29, 0.717) is 5.41 Å². The smallest absolute Gasteiger partial charge is 0.0380 e. The van der Waals surface area contributed by atoms with Gasteiger partial charge in [-0.2, -0.15) is 0 Å². The van der Waals surface area contributed by atoms with Gasteiger partial charge in [0.15, 0.2) is 0 Å². The summed E-state index contributed by atoms with van der Waals surface area (Å²) in [6.45, 7) is 14.2. The van der Waals surface area contributed by atoms with Gasteiger partial charge < -0.3 is 0 Å². The molecule has 0 aromatic carbocycles. The molecule has 0 fully saturated rings. The molecule has 0 rings (SSSR count). The molecule has 17 heavy (non-hydrogen) atoms. The van der Waals surface area contributed by atoms with Crippen molar-refractivity contribution < 1.29 is 0 Å². The van der Waals surface area contributed by atoms with Gasteiger partial charge in [0.25, 0.3) is 0 Å². The average molecular weight is 240 g/mol. The van der Waals surface area contributed by atoms with Crippen LogP contribution in [0, 0.1) is 17.3 Å². The monoisotopic (exact) mass is 240 g/mol. The van der Waals surface area contributed by atoms with Crippen LogP contribution in [0.15, 0.2) is 0 Å². The molecular formula is C17H36. The van der Waals surface area contributed by atoms with Crippen LogP contribution in [-0.2, 0) is 0 Å². The predicted molar refractivity (Wildman–Crippen MR) is 80.4 cm³/mol. The SMILES string of the molecule is CCC(C)CCCCCC(CC)CC(C)(C)C. The molecule has 0 amide bonds. The molecule has 0 saturated carbocycles. The molecule has 2 atom stereocenters. The molecule has 0 aliphatic carbocycles. The molecular weight excluding hydrogens is 204 g/mol. The highest BCUT2D eigenvalue weighted by Crippen LogP contribution is 2.29. The molecule has 104 valence electrons. The van der Waals surface area contributed by atoms with Crippen molar-refractivity contribution in [2.75, 3.05) is 0 Å². The lowest BCUT2D eigenvalue weighted by atomic mass is 9.81. The highest BCUT2D eigenvalue weighted by molar-refractivity contribution is 4.68. The van der Waals surface area contributed by atoms with Gasteiger partial charge in [0, 0.05) is 0 Å². The van der Waals surface area contributed by atoms with E-state index in [-0.39, 0.29) is 0 Å². The van der Waals surface area contributed by atoms with Gasteiger partial charge in [-0.05, 0) is 23.7 Å². The average Bonchev–Trinajstić information content (AvgIpc) is 2.25. The van der Waals surface area contributed by atoms with Crippen molar-refractivity contribution in [2.45, 2.75) is 92.9 Å². The fraction of sp³-hybridized carbons (Fsp3) is 1.00. The van der Waals surface area contributed by atoms with E-state index in [4.69, 9.17) is 0 Å². The predicted octanol–water partition coefficient (Wildman–Crippen LogP) is 6.45. The quantitative estimate of drug-likeness (QED) is 0.406. The molecule has 0 saturated heterocycles. The zero-order valence-corrected chi connectivity index (χ0v) is 13.3. The number of rotatable bonds is 9. The Hall–Kier alpha value is 0. The van der Waals surface area contributed by atoms with Crippen molar-refractivity contribution in [2.24, 2.45) is 17.3 Å². The van der Waals surface area contributed by atoms with E-state index < -0.39 is 0 Å². The Bertz CT molecular complexity index is 163. The van der Waals surface area contributed by atoms with Crippen LogP contribution in [-0.4, -0.2) is 0 Å². The number of unbranched alkanes of at least 4 members (excludes halogenated alkanes) is 2. The Balaban J connectivity index is 3.57. The van der Waals surface area contributed by atoms with Crippen LogP contribution in [0.25, 0.3) is 0 Å². The molecule has 0 nitrogen and oxygen atoms in total. The molecule has 0 spiro atoms. The molecule has 0 heteroatoms. The third-order valence-electron chi connectivity index (χ3n) is 3.98. The van der Waals surface area contributed by atoms with Crippen molar-refractivity contribution in [3.05, 3.63) is 0 Å². The molecule has 0 aliphatic rings. The molecule has 2 unspecified atom stereocenters. The molecule has 0 aromatic rings. The van der Waals surface area contributed by atoms with E-state index in [1.54, 1.807) is 0 Å². The van der Waals surface area contributed by atoms with E-state index >= 15 is 0 Å². The number of hydrogen-bond acceptors (Lipinski definition) is 0. The summed E-state index contributed by atoms with van der Waals surface area (Å²) in [5, 5.41) is 0. The summed E-state index contributed by atoms with van der Waals surface area (Å²) in [5.74, 6) is 1.89. The lowest BCUT2D eigenvalue weighted by molar-refractivity contribution is 0.270.